The van der Waals surface area contributed by atoms with Crippen LogP contribution in [0.15, 0.2) is 30.3 Å². The minimum absolute atomic E-state index is 0.303. The van der Waals surface area contributed by atoms with Crippen LogP contribution < -0.4 is 10.6 Å². The van der Waals surface area contributed by atoms with E-state index >= 15 is 0 Å². The van der Waals surface area contributed by atoms with Crippen LogP contribution in [0.25, 0.3) is 0 Å². The van der Waals surface area contributed by atoms with Crippen molar-refractivity contribution < 1.29 is 19.1 Å². The Morgan fingerprint density at radius 3 is 2.50 bits per heavy atom. The fourth-order valence-electron chi connectivity index (χ4n) is 2.16. The summed E-state index contributed by atoms with van der Waals surface area (Å²) in [4.78, 5) is 23.9. The molecule has 0 radical (unpaired) electrons. The maximum Gasteiger partial charge on any atom is 0.408 e. The molecule has 1 fully saturated rings. The maximum absolute atomic E-state index is 12.1. The molecule has 1 saturated heterocycles. The largest absolute Gasteiger partial charge is 0.455 e. The predicted octanol–water partition coefficient (Wildman–Crippen LogP) is 1.71. The number of alkyl carbamates (subject to hydrolysis) is 1. The normalized spacial score (nSPS) is 21.2. The first-order valence-electron chi connectivity index (χ1n) is 7.31. The molecule has 1 aliphatic heterocycles. The molecule has 0 aromatic heterocycles. The first-order valence-corrected chi connectivity index (χ1v) is 7.31. The van der Waals surface area contributed by atoms with Crippen molar-refractivity contribution in [3.63, 3.8) is 0 Å². The lowest BCUT2D eigenvalue weighted by molar-refractivity contribution is 0.0228. The van der Waals surface area contributed by atoms with Gasteiger partial charge < -0.3 is 20.1 Å². The fourth-order valence-corrected chi connectivity index (χ4v) is 2.16. The van der Waals surface area contributed by atoms with E-state index in [1.54, 1.807) is 45.0 Å². The number of carbonyl (C=O) groups is 2. The molecule has 6 nitrogen and oxygen atoms in total. The molecule has 0 bridgehead atoms. The van der Waals surface area contributed by atoms with E-state index in [-0.39, 0.29) is 6.04 Å². The summed E-state index contributed by atoms with van der Waals surface area (Å²) >= 11 is 0. The Kier molecular flexibility index (Phi) is 5.03. The monoisotopic (exact) mass is 306 g/mol. The van der Waals surface area contributed by atoms with Crippen molar-refractivity contribution in [2.45, 2.75) is 38.5 Å². The molecule has 1 aromatic rings. The second kappa shape index (κ2) is 6.79. The smallest absolute Gasteiger partial charge is 0.408 e. The first-order chi connectivity index (χ1) is 10.3. The van der Waals surface area contributed by atoms with Crippen molar-refractivity contribution in [2.75, 3.05) is 13.1 Å². The standard InChI is InChI=1S/C16H22N2O4/c1-16(2,3)22-15(20)18-12-9-17-10-13(12)21-14(19)11-7-5-4-6-8-11/h4-8,12-13,17H,9-10H2,1-3H3,(H,18,20)/t12-,13+/m1/s1. The van der Waals surface area contributed by atoms with Crippen LogP contribution in [-0.2, 0) is 9.47 Å². The summed E-state index contributed by atoms with van der Waals surface area (Å²) < 4.78 is 10.7. The Bertz CT molecular complexity index is 525. The van der Waals surface area contributed by atoms with Crippen LogP contribution in [0.3, 0.4) is 0 Å². The maximum atomic E-state index is 12.1. The number of nitrogens with one attached hydrogen (secondary N) is 2. The average molecular weight is 306 g/mol. The molecule has 0 aliphatic carbocycles. The van der Waals surface area contributed by atoms with E-state index in [1.807, 2.05) is 6.07 Å². The van der Waals surface area contributed by atoms with Gasteiger partial charge in [-0.05, 0) is 32.9 Å². The Labute approximate surface area is 130 Å². The van der Waals surface area contributed by atoms with Gasteiger partial charge in [-0.25, -0.2) is 9.59 Å². The van der Waals surface area contributed by atoms with Crippen molar-refractivity contribution in [3.8, 4) is 0 Å². The molecular formula is C16H22N2O4. The molecule has 6 heteroatoms. The van der Waals surface area contributed by atoms with Crippen LogP contribution in [0.4, 0.5) is 4.79 Å². The van der Waals surface area contributed by atoms with Gasteiger partial charge in [0, 0.05) is 13.1 Å². The van der Waals surface area contributed by atoms with Gasteiger partial charge in [0.15, 0.2) is 0 Å². The highest BCUT2D eigenvalue weighted by molar-refractivity contribution is 5.89. The van der Waals surface area contributed by atoms with Crippen LogP contribution >= 0.6 is 0 Å². The number of rotatable bonds is 3. The van der Waals surface area contributed by atoms with Crippen LogP contribution in [-0.4, -0.2) is 42.9 Å². The third-order valence-corrected chi connectivity index (χ3v) is 3.13. The lowest BCUT2D eigenvalue weighted by atomic mass is 10.2. The number of hydrogen-bond acceptors (Lipinski definition) is 5. The van der Waals surface area contributed by atoms with Crippen LogP contribution in [0, 0.1) is 0 Å². The van der Waals surface area contributed by atoms with Crippen molar-refractivity contribution >= 4 is 12.1 Å². The van der Waals surface area contributed by atoms with Crippen molar-refractivity contribution in [2.24, 2.45) is 0 Å². The molecule has 0 saturated carbocycles. The van der Waals surface area contributed by atoms with E-state index in [0.717, 1.165) is 0 Å². The van der Waals surface area contributed by atoms with E-state index < -0.39 is 23.8 Å². The van der Waals surface area contributed by atoms with Gasteiger partial charge in [-0.3, -0.25) is 0 Å². The Balaban J connectivity index is 1.91. The lowest BCUT2D eigenvalue weighted by Crippen LogP contribution is -2.46. The topological polar surface area (TPSA) is 76.7 Å². The minimum atomic E-state index is -0.563. The number of amides is 1. The van der Waals surface area contributed by atoms with Crippen molar-refractivity contribution in [1.29, 1.82) is 0 Å². The van der Waals surface area contributed by atoms with Crippen molar-refractivity contribution in [3.05, 3.63) is 35.9 Å². The van der Waals surface area contributed by atoms with Gasteiger partial charge in [0.25, 0.3) is 0 Å². The summed E-state index contributed by atoms with van der Waals surface area (Å²) in [6.45, 7) is 6.43. The Morgan fingerprint density at radius 2 is 1.86 bits per heavy atom. The molecule has 2 N–H and O–H groups in total. The number of ether oxygens (including phenoxy) is 2. The summed E-state index contributed by atoms with van der Waals surface area (Å²) in [5, 5.41) is 5.84. The van der Waals surface area contributed by atoms with Gasteiger partial charge in [0.1, 0.15) is 11.7 Å². The molecule has 0 unspecified atom stereocenters. The van der Waals surface area contributed by atoms with Crippen LogP contribution in [0.5, 0.6) is 0 Å². The number of hydrogen-bond donors (Lipinski definition) is 2. The summed E-state index contributed by atoms with van der Waals surface area (Å²) in [5.74, 6) is -0.398. The van der Waals surface area contributed by atoms with Crippen LogP contribution in [0.1, 0.15) is 31.1 Å². The third kappa shape index (κ3) is 4.73. The highest BCUT2D eigenvalue weighted by Crippen LogP contribution is 2.12. The summed E-state index contributed by atoms with van der Waals surface area (Å²) in [6, 6.07) is 8.48. The number of benzene rings is 1. The molecule has 2 atom stereocenters. The lowest BCUT2D eigenvalue weighted by Gasteiger charge is -2.24. The van der Waals surface area contributed by atoms with Gasteiger partial charge in [0.05, 0.1) is 11.6 Å². The SMILES string of the molecule is CC(C)(C)OC(=O)N[C@@H]1CNC[C@@H]1OC(=O)c1ccccc1. The summed E-state index contributed by atoms with van der Waals surface area (Å²) in [7, 11) is 0. The average Bonchev–Trinajstić information content (AvgIpc) is 2.84. The highest BCUT2D eigenvalue weighted by atomic mass is 16.6. The fraction of sp³-hybridized carbons (Fsp3) is 0.500. The second-order valence-corrected chi connectivity index (χ2v) is 6.22. The van der Waals surface area contributed by atoms with Gasteiger partial charge in [0.2, 0.25) is 0 Å². The van der Waals surface area contributed by atoms with Gasteiger partial charge in [-0.15, -0.1) is 0 Å². The predicted molar refractivity (Wildman–Crippen MR) is 81.7 cm³/mol. The molecule has 1 heterocycles. The van der Waals surface area contributed by atoms with Gasteiger partial charge in [-0.2, -0.15) is 0 Å². The Hall–Kier alpha value is -2.08. The molecule has 120 valence electrons. The number of carbonyl (C=O) groups excluding carboxylic acids is 2. The third-order valence-electron chi connectivity index (χ3n) is 3.13. The molecule has 1 amide bonds. The zero-order valence-electron chi connectivity index (χ0n) is 13.1. The first kappa shape index (κ1) is 16.3. The van der Waals surface area contributed by atoms with E-state index in [9.17, 15) is 9.59 Å². The van der Waals surface area contributed by atoms with E-state index in [2.05, 4.69) is 10.6 Å². The summed E-state index contributed by atoms with van der Waals surface area (Å²) in [5.41, 5.74) is -0.0720. The Morgan fingerprint density at radius 1 is 1.18 bits per heavy atom. The molecule has 1 aromatic carbocycles. The molecule has 2 rings (SSSR count). The van der Waals surface area contributed by atoms with Gasteiger partial charge >= 0.3 is 12.1 Å². The van der Waals surface area contributed by atoms with Crippen LogP contribution in [0.2, 0.25) is 0 Å². The molecule has 1 aliphatic rings. The molecule has 22 heavy (non-hydrogen) atoms. The summed E-state index contributed by atoms with van der Waals surface area (Å²) in [6.07, 6.45) is -0.929. The van der Waals surface area contributed by atoms with Gasteiger partial charge in [-0.1, -0.05) is 18.2 Å². The van der Waals surface area contributed by atoms with E-state index in [4.69, 9.17) is 9.47 Å². The highest BCUT2D eigenvalue weighted by Gasteiger charge is 2.33. The molecule has 0 spiro atoms. The second-order valence-electron chi connectivity index (χ2n) is 6.22. The van der Waals surface area contributed by atoms with Crippen molar-refractivity contribution in [1.82, 2.24) is 10.6 Å². The molecular weight excluding hydrogens is 284 g/mol. The van der Waals surface area contributed by atoms with E-state index in [1.165, 1.54) is 0 Å². The zero-order chi connectivity index (χ0) is 16.2. The number of esters is 1. The minimum Gasteiger partial charge on any atom is -0.455 e. The van der Waals surface area contributed by atoms with E-state index in [0.29, 0.717) is 18.7 Å². The quantitative estimate of drug-likeness (QED) is 0.831. The zero-order valence-corrected chi connectivity index (χ0v) is 13.1.